The van der Waals surface area contributed by atoms with Crippen molar-refractivity contribution in [3.63, 3.8) is 0 Å². The average Bonchev–Trinajstić information content (AvgIpc) is 2.56. The van der Waals surface area contributed by atoms with Crippen molar-refractivity contribution in [2.75, 3.05) is 32.8 Å². The number of hydrogen-bond acceptors (Lipinski definition) is 4. The molecule has 0 aromatic heterocycles. The van der Waals surface area contributed by atoms with Gasteiger partial charge in [0.1, 0.15) is 5.75 Å². The van der Waals surface area contributed by atoms with Crippen LogP contribution in [0.1, 0.15) is 30.4 Å². The highest BCUT2D eigenvalue weighted by Crippen LogP contribution is 2.17. The molecular weight excluding hydrogens is 292 g/mol. The summed E-state index contributed by atoms with van der Waals surface area (Å²) in [6, 6.07) is 5.90. The van der Waals surface area contributed by atoms with Gasteiger partial charge in [-0.2, -0.15) is 0 Å². The predicted molar refractivity (Wildman–Crippen MR) is 90.6 cm³/mol. The van der Waals surface area contributed by atoms with Crippen molar-refractivity contribution in [3.05, 3.63) is 29.3 Å². The Kier molecular flexibility index (Phi) is 6.86. The summed E-state index contributed by atoms with van der Waals surface area (Å²) in [7, 11) is 0. The van der Waals surface area contributed by atoms with Crippen molar-refractivity contribution >= 4 is 5.91 Å². The number of aryl methyl sites for hydroxylation is 2. The van der Waals surface area contributed by atoms with E-state index in [9.17, 15) is 4.79 Å². The summed E-state index contributed by atoms with van der Waals surface area (Å²) in [5, 5.41) is 0. The van der Waals surface area contributed by atoms with E-state index in [1.807, 2.05) is 30.0 Å². The number of likely N-dealkylation sites (tertiary alicyclic amines) is 1. The second-order valence-corrected chi connectivity index (χ2v) is 6.13. The Bertz CT molecular complexity index is 511. The first-order chi connectivity index (χ1) is 11.1. The molecule has 5 heteroatoms. The van der Waals surface area contributed by atoms with Crippen LogP contribution in [0.2, 0.25) is 0 Å². The van der Waals surface area contributed by atoms with E-state index in [-0.39, 0.29) is 18.6 Å². The molecule has 128 valence electrons. The van der Waals surface area contributed by atoms with Crippen molar-refractivity contribution in [1.82, 2.24) is 4.90 Å². The lowest BCUT2D eigenvalue weighted by Gasteiger charge is -2.32. The zero-order valence-electron chi connectivity index (χ0n) is 14.2. The Hall–Kier alpha value is -1.59. The van der Waals surface area contributed by atoms with Gasteiger partial charge in [-0.1, -0.05) is 6.07 Å². The van der Waals surface area contributed by atoms with Gasteiger partial charge in [0.15, 0.2) is 6.61 Å². The maximum atomic E-state index is 12.2. The van der Waals surface area contributed by atoms with E-state index in [1.165, 1.54) is 11.1 Å². The zero-order valence-corrected chi connectivity index (χ0v) is 14.2. The number of nitrogens with two attached hydrogens (primary N) is 1. The van der Waals surface area contributed by atoms with E-state index in [0.29, 0.717) is 13.2 Å². The van der Waals surface area contributed by atoms with Gasteiger partial charge in [-0.15, -0.1) is 0 Å². The highest BCUT2D eigenvalue weighted by molar-refractivity contribution is 5.77. The molecule has 1 aliphatic rings. The standard InChI is InChI=1S/C18H28N2O3/c1-14-4-5-17(12-15(14)2)23-13-18(21)20-9-6-16(7-10-20)22-11-3-8-19/h4-5,12,16H,3,6-11,13,19H2,1-2H3. The van der Waals surface area contributed by atoms with Crippen LogP contribution < -0.4 is 10.5 Å². The second-order valence-electron chi connectivity index (χ2n) is 6.13. The van der Waals surface area contributed by atoms with Crippen molar-refractivity contribution in [3.8, 4) is 5.75 Å². The third-order valence-electron chi connectivity index (χ3n) is 4.34. The normalized spacial score (nSPS) is 15.7. The molecule has 0 bridgehead atoms. The van der Waals surface area contributed by atoms with Crippen molar-refractivity contribution in [1.29, 1.82) is 0 Å². The molecule has 1 aromatic carbocycles. The summed E-state index contributed by atoms with van der Waals surface area (Å²) >= 11 is 0. The van der Waals surface area contributed by atoms with Gasteiger partial charge in [0.2, 0.25) is 0 Å². The highest BCUT2D eigenvalue weighted by atomic mass is 16.5. The van der Waals surface area contributed by atoms with E-state index in [0.717, 1.165) is 38.1 Å². The van der Waals surface area contributed by atoms with Crippen molar-refractivity contribution in [2.45, 2.75) is 39.2 Å². The molecule has 5 nitrogen and oxygen atoms in total. The lowest BCUT2D eigenvalue weighted by atomic mass is 10.1. The molecule has 23 heavy (non-hydrogen) atoms. The molecule has 1 aromatic rings. The van der Waals surface area contributed by atoms with Gasteiger partial charge in [0.25, 0.3) is 5.91 Å². The summed E-state index contributed by atoms with van der Waals surface area (Å²) in [6.45, 7) is 7.05. The molecule has 2 rings (SSSR count). The van der Waals surface area contributed by atoms with Crippen LogP contribution in [0.25, 0.3) is 0 Å². The molecule has 0 aliphatic carbocycles. The lowest BCUT2D eigenvalue weighted by Crippen LogP contribution is -2.43. The number of rotatable bonds is 7. The first-order valence-electron chi connectivity index (χ1n) is 8.39. The predicted octanol–water partition coefficient (Wildman–Crippen LogP) is 2.04. The Morgan fingerprint density at radius 2 is 2.00 bits per heavy atom. The molecule has 0 spiro atoms. The Balaban J connectivity index is 1.71. The first-order valence-corrected chi connectivity index (χ1v) is 8.39. The van der Waals surface area contributed by atoms with Gasteiger partial charge in [-0.3, -0.25) is 4.79 Å². The number of piperidine rings is 1. The molecule has 1 amide bonds. The molecule has 0 saturated carbocycles. The first kappa shape index (κ1) is 17.8. The van der Waals surface area contributed by atoms with Crippen LogP contribution in [0.3, 0.4) is 0 Å². The van der Waals surface area contributed by atoms with Gasteiger partial charge in [0, 0.05) is 19.7 Å². The molecule has 1 heterocycles. The number of carbonyl (C=O) groups excluding carboxylic acids is 1. The van der Waals surface area contributed by atoms with Crippen molar-refractivity contribution < 1.29 is 14.3 Å². The summed E-state index contributed by atoms with van der Waals surface area (Å²) in [4.78, 5) is 14.1. The molecular formula is C18H28N2O3. The molecule has 1 fully saturated rings. The maximum absolute atomic E-state index is 12.2. The van der Waals surface area contributed by atoms with Gasteiger partial charge in [-0.25, -0.2) is 0 Å². The molecule has 1 saturated heterocycles. The van der Waals surface area contributed by atoms with E-state index in [1.54, 1.807) is 0 Å². The molecule has 1 aliphatic heterocycles. The van der Waals surface area contributed by atoms with Crippen LogP contribution in [0.4, 0.5) is 0 Å². The fourth-order valence-corrected chi connectivity index (χ4v) is 2.65. The minimum atomic E-state index is 0.0450. The van der Waals surface area contributed by atoms with Gasteiger partial charge >= 0.3 is 0 Å². The van der Waals surface area contributed by atoms with Crippen LogP contribution in [0.5, 0.6) is 5.75 Å². The van der Waals surface area contributed by atoms with Crippen LogP contribution in [-0.4, -0.2) is 49.8 Å². The van der Waals surface area contributed by atoms with Crippen LogP contribution in [0.15, 0.2) is 18.2 Å². The fourth-order valence-electron chi connectivity index (χ4n) is 2.65. The molecule has 0 atom stereocenters. The van der Waals surface area contributed by atoms with Gasteiger partial charge in [0.05, 0.1) is 6.10 Å². The van der Waals surface area contributed by atoms with Crippen LogP contribution in [-0.2, 0) is 9.53 Å². The van der Waals surface area contributed by atoms with E-state index < -0.39 is 0 Å². The number of benzene rings is 1. The zero-order chi connectivity index (χ0) is 16.7. The topological polar surface area (TPSA) is 64.8 Å². The highest BCUT2D eigenvalue weighted by Gasteiger charge is 2.23. The Morgan fingerprint density at radius 1 is 1.26 bits per heavy atom. The van der Waals surface area contributed by atoms with Gasteiger partial charge < -0.3 is 20.1 Å². The van der Waals surface area contributed by atoms with Gasteiger partial charge in [-0.05, 0) is 62.9 Å². The smallest absolute Gasteiger partial charge is 0.260 e. The molecule has 0 radical (unpaired) electrons. The SMILES string of the molecule is Cc1ccc(OCC(=O)N2CCC(OCCCN)CC2)cc1C. The summed E-state index contributed by atoms with van der Waals surface area (Å²) in [5.41, 5.74) is 7.85. The summed E-state index contributed by atoms with van der Waals surface area (Å²) in [6.07, 6.45) is 2.93. The quantitative estimate of drug-likeness (QED) is 0.781. The molecule has 2 N–H and O–H groups in total. The van der Waals surface area contributed by atoms with Crippen LogP contribution >= 0.6 is 0 Å². The van der Waals surface area contributed by atoms with E-state index in [4.69, 9.17) is 15.2 Å². The average molecular weight is 320 g/mol. The third-order valence-corrected chi connectivity index (χ3v) is 4.34. The number of amides is 1. The van der Waals surface area contributed by atoms with E-state index >= 15 is 0 Å². The number of carbonyl (C=O) groups is 1. The second kappa shape index (κ2) is 8.89. The number of hydrogen-bond donors (Lipinski definition) is 1. The number of nitrogens with zero attached hydrogens (tertiary/aromatic N) is 1. The monoisotopic (exact) mass is 320 g/mol. The lowest BCUT2D eigenvalue weighted by molar-refractivity contribution is -0.136. The fraction of sp³-hybridized carbons (Fsp3) is 0.611. The van der Waals surface area contributed by atoms with Crippen molar-refractivity contribution in [2.24, 2.45) is 5.73 Å². The van der Waals surface area contributed by atoms with Crippen LogP contribution in [0, 0.1) is 13.8 Å². The Labute approximate surface area is 138 Å². The molecule has 0 unspecified atom stereocenters. The number of ether oxygens (including phenoxy) is 2. The minimum absolute atomic E-state index is 0.0450. The summed E-state index contributed by atoms with van der Waals surface area (Å²) < 4.78 is 11.4. The third kappa shape index (κ3) is 5.52. The Morgan fingerprint density at radius 3 is 2.65 bits per heavy atom. The van der Waals surface area contributed by atoms with E-state index in [2.05, 4.69) is 6.92 Å². The maximum Gasteiger partial charge on any atom is 0.260 e. The minimum Gasteiger partial charge on any atom is -0.484 e. The summed E-state index contributed by atoms with van der Waals surface area (Å²) in [5.74, 6) is 0.796. The largest absolute Gasteiger partial charge is 0.484 e.